The molecule has 1 saturated heterocycles. The van der Waals surface area contributed by atoms with Gasteiger partial charge >= 0.3 is 18.4 Å². The number of benzene rings is 1. The lowest BCUT2D eigenvalue weighted by Gasteiger charge is -2.31. The van der Waals surface area contributed by atoms with Gasteiger partial charge in [0.2, 0.25) is 5.88 Å². The summed E-state index contributed by atoms with van der Waals surface area (Å²) >= 11 is 0. The molecule has 1 unspecified atom stereocenters. The van der Waals surface area contributed by atoms with E-state index in [1.807, 2.05) is 0 Å². The molecule has 0 bridgehead atoms. The van der Waals surface area contributed by atoms with Crippen molar-refractivity contribution in [3.8, 4) is 5.88 Å². The van der Waals surface area contributed by atoms with Crippen LogP contribution in [0.15, 0.2) is 30.5 Å². The average Bonchev–Trinajstić information content (AvgIpc) is 3.61. The van der Waals surface area contributed by atoms with Gasteiger partial charge in [-0.2, -0.15) is 27.8 Å². The largest absolute Gasteiger partial charge is 0.472 e. The molecule has 0 spiro atoms. The Morgan fingerprint density at radius 1 is 1.10 bits per heavy atom. The fraction of sp³-hybridized carbons (Fsp3) is 0.481. The molecule has 2 fully saturated rings. The maximum Gasteiger partial charge on any atom is 0.420 e. The zero-order valence-corrected chi connectivity index (χ0v) is 22.6. The number of carbonyl (C=O) groups is 2. The van der Waals surface area contributed by atoms with Gasteiger partial charge in [-0.05, 0) is 70.6 Å². The molecular formula is C27H29F4N5O5. The number of carbonyl (C=O) groups excluding carboxylic acids is 1. The summed E-state index contributed by atoms with van der Waals surface area (Å²) in [5.41, 5.74) is -1.72. The quantitative estimate of drug-likeness (QED) is 0.351. The second-order valence-electron chi connectivity index (χ2n) is 11.2. The van der Waals surface area contributed by atoms with Crippen LogP contribution in [-0.4, -0.2) is 61.6 Å². The first-order valence-corrected chi connectivity index (χ1v) is 13.1. The SMILES string of the molecule is CC(C)(C)OC(=O)N(c1cc(F)cc(C(F)(F)F)c1)c1cc(OC2CCCN(C(=O)O)C2)nc2c(C3CC3)cnn12. The zero-order chi connectivity index (χ0) is 29.7. The lowest BCUT2D eigenvalue weighted by Crippen LogP contribution is -2.43. The Labute approximate surface area is 232 Å². The van der Waals surface area contributed by atoms with Gasteiger partial charge in [0.15, 0.2) is 11.5 Å². The highest BCUT2D eigenvalue weighted by atomic mass is 19.4. The Bertz CT molecular complexity index is 1480. The van der Waals surface area contributed by atoms with Crippen LogP contribution in [0.4, 0.5) is 38.7 Å². The molecule has 3 heterocycles. The number of alkyl halides is 3. The van der Waals surface area contributed by atoms with Crippen molar-refractivity contribution in [3.05, 3.63) is 47.4 Å². The van der Waals surface area contributed by atoms with Gasteiger partial charge in [0.1, 0.15) is 17.5 Å². The number of rotatable bonds is 5. The third-order valence-corrected chi connectivity index (χ3v) is 6.68. The van der Waals surface area contributed by atoms with E-state index in [1.54, 1.807) is 27.0 Å². The fourth-order valence-corrected chi connectivity index (χ4v) is 4.73. The molecular weight excluding hydrogens is 550 g/mol. The monoisotopic (exact) mass is 579 g/mol. The average molecular weight is 580 g/mol. The van der Waals surface area contributed by atoms with Crippen molar-refractivity contribution in [2.45, 2.75) is 70.3 Å². The molecule has 1 N–H and O–H groups in total. The molecule has 3 aromatic rings. The van der Waals surface area contributed by atoms with Crippen molar-refractivity contribution >= 4 is 29.3 Å². The maximum atomic E-state index is 14.6. The van der Waals surface area contributed by atoms with Gasteiger partial charge in [0, 0.05) is 18.2 Å². The van der Waals surface area contributed by atoms with E-state index in [2.05, 4.69) is 10.1 Å². The molecule has 0 radical (unpaired) electrons. The first-order valence-electron chi connectivity index (χ1n) is 13.1. The fourth-order valence-electron chi connectivity index (χ4n) is 4.73. The van der Waals surface area contributed by atoms with Crippen LogP contribution < -0.4 is 9.64 Å². The van der Waals surface area contributed by atoms with E-state index in [1.165, 1.54) is 15.5 Å². The minimum atomic E-state index is -4.89. The van der Waals surface area contributed by atoms with Gasteiger partial charge in [-0.15, -0.1) is 0 Å². The number of anilines is 2. The number of amides is 2. The second-order valence-corrected chi connectivity index (χ2v) is 11.2. The van der Waals surface area contributed by atoms with Gasteiger partial charge in [-0.1, -0.05) is 0 Å². The summed E-state index contributed by atoms with van der Waals surface area (Å²) in [7, 11) is 0. The third kappa shape index (κ3) is 6.30. The Balaban J connectivity index is 1.66. The summed E-state index contributed by atoms with van der Waals surface area (Å²) in [6.45, 7) is 5.20. The first-order chi connectivity index (χ1) is 19.2. The predicted octanol–water partition coefficient (Wildman–Crippen LogP) is 6.36. The minimum absolute atomic E-state index is 0.00754. The molecule has 2 aliphatic rings. The number of aromatic nitrogens is 3. The molecule has 10 nitrogen and oxygen atoms in total. The third-order valence-electron chi connectivity index (χ3n) is 6.68. The zero-order valence-electron chi connectivity index (χ0n) is 22.6. The number of carboxylic acid groups (broad SMARTS) is 1. The Kier molecular flexibility index (Phi) is 7.20. The van der Waals surface area contributed by atoms with Crippen LogP contribution in [0.1, 0.15) is 63.5 Å². The van der Waals surface area contributed by atoms with Crippen LogP contribution in [0.3, 0.4) is 0 Å². The normalized spacial score (nSPS) is 17.9. The number of piperidine rings is 1. The first kappa shape index (κ1) is 28.4. The summed E-state index contributed by atoms with van der Waals surface area (Å²) in [5, 5.41) is 13.8. The lowest BCUT2D eigenvalue weighted by molar-refractivity contribution is -0.137. The van der Waals surface area contributed by atoms with E-state index in [0.29, 0.717) is 37.2 Å². The number of hydrogen-bond donors (Lipinski definition) is 1. The molecule has 41 heavy (non-hydrogen) atoms. The van der Waals surface area contributed by atoms with Gasteiger partial charge in [0.05, 0.1) is 24.0 Å². The molecule has 220 valence electrons. The van der Waals surface area contributed by atoms with E-state index in [0.717, 1.165) is 29.4 Å². The van der Waals surface area contributed by atoms with Crippen LogP contribution >= 0.6 is 0 Å². The number of likely N-dealkylation sites (tertiary alicyclic amines) is 1. The van der Waals surface area contributed by atoms with Crippen molar-refractivity contribution in [2.75, 3.05) is 18.0 Å². The molecule has 1 aromatic carbocycles. The van der Waals surface area contributed by atoms with E-state index in [9.17, 15) is 32.3 Å². The van der Waals surface area contributed by atoms with Gasteiger partial charge < -0.3 is 19.5 Å². The summed E-state index contributed by atoms with van der Waals surface area (Å²) < 4.78 is 68.4. The highest BCUT2D eigenvalue weighted by Gasteiger charge is 2.36. The van der Waals surface area contributed by atoms with Crippen LogP contribution in [0.2, 0.25) is 0 Å². The molecule has 1 atom stereocenters. The van der Waals surface area contributed by atoms with E-state index in [-0.39, 0.29) is 24.2 Å². The summed E-state index contributed by atoms with van der Waals surface area (Å²) in [5.74, 6) is -1.13. The Morgan fingerprint density at radius 3 is 2.46 bits per heavy atom. The van der Waals surface area contributed by atoms with Crippen LogP contribution in [0, 0.1) is 5.82 Å². The molecule has 1 aliphatic heterocycles. The summed E-state index contributed by atoms with van der Waals surface area (Å²) in [6.07, 6.45) is -3.18. The van der Waals surface area contributed by atoms with Crippen molar-refractivity contribution in [3.63, 3.8) is 0 Å². The number of nitrogens with zero attached hydrogens (tertiary/aromatic N) is 5. The van der Waals surface area contributed by atoms with E-state index < -0.39 is 47.1 Å². The lowest BCUT2D eigenvalue weighted by atomic mass is 10.1. The summed E-state index contributed by atoms with van der Waals surface area (Å²) in [6, 6.07) is 3.09. The van der Waals surface area contributed by atoms with Crippen molar-refractivity contribution < 1.29 is 41.7 Å². The minimum Gasteiger partial charge on any atom is -0.472 e. The topological polar surface area (TPSA) is 110 Å². The van der Waals surface area contributed by atoms with Crippen LogP contribution in [0.5, 0.6) is 5.88 Å². The van der Waals surface area contributed by atoms with Crippen LogP contribution in [0.25, 0.3) is 5.65 Å². The van der Waals surface area contributed by atoms with E-state index in [4.69, 9.17) is 9.47 Å². The van der Waals surface area contributed by atoms with Crippen molar-refractivity contribution in [2.24, 2.45) is 0 Å². The standard InChI is InChI=1S/C27H29F4N5O5/c1-26(2,3)41-25(39)35(18-10-16(27(29,30)31)9-17(28)11-18)22-12-21(40-19-5-4-8-34(14-19)24(37)38)33-23-20(15-6-7-15)13-32-36(22)23/h9-13,15,19H,4-8,14H2,1-3H3,(H,37,38). The smallest absolute Gasteiger partial charge is 0.420 e. The number of ether oxygens (including phenoxy) is 2. The van der Waals surface area contributed by atoms with Crippen LogP contribution in [-0.2, 0) is 10.9 Å². The number of fused-ring (bicyclic) bond motifs is 1. The predicted molar refractivity (Wildman–Crippen MR) is 138 cm³/mol. The van der Waals surface area contributed by atoms with Gasteiger partial charge in [-0.3, -0.25) is 0 Å². The number of halogens is 4. The molecule has 2 aromatic heterocycles. The Hall–Kier alpha value is -4.10. The highest BCUT2D eigenvalue weighted by Crippen LogP contribution is 2.43. The number of hydrogen-bond acceptors (Lipinski definition) is 6. The Morgan fingerprint density at radius 2 is 1.83 bits per heavy atom. The van der Waals surface area contributed by atoms with E-state index >= 15 is 0 Å². The molecule has 2 amide bonds. The second kappa shape index (κ2) is 10.4. The molecule has 14 heteroatoms. The highest BCUT2D eigenvalue weighted by molar-refractivity contribution is 5.96. The maximum absolute atomic E-state index is 14.6. The molecule has 1 aliphatic carbocycles. The molecule has 5 rings (SSSR count). The van der Waals surface area contributed by atoms with Crippen molar-refractivity contribution in [1.82, 2.24) is 19.5 Å². The molecule has 1 saturated carbocycles. The summed E-state index contributed by atoms with van der Waals surface area (Å²) in [4.78, 5) is 31.7. The van der Waals surface area contributed by atoms with Crippen molar-refractivity contribution in [1.29, 1.82) is 0 Å². The van der Waals surface area contributed by atoms with Gasteiger partial charge in [-0.25, -0.2) is 18.9 Å². The van der Waals surface area contributed by atoms with Gasteiger partial charge in [0.25, 0.3) is 0 Å².